The number of methoxy groups -OCH3 is 2. The Balaban J connectivity index is 1.56. The summed E-state index contributed by atoms with van der Waals surface area (Å²) in [4.78, 5) is 43.8. The van der Waals surface area contributed by atoms with Gasteiger partial charge >= 0.3 is 11.9 Å². The number of allylic oxidation sites excluding steroid dienone is 1. The Morgan fingerprint density at radius 2 is 1.71 bits per heavy atom. The normalized spacial score (nSPS) is 14.3. The van der Waals surface area contributed by atoms with Crippen molar-refractivity contribution >= 4 is 45.3 Å². The summed E-state index contributed by atoms with van der Waals surface area (Å²) in [7, 11) is 3.05. The molecule has 49 heavy (non-hydrogen) atoms. The molecule has 1 atom stereocenters. The Bertz CT molecular complexity index is 2120. The van der Waals surface area contributed by atoms with Gasteiger partial charge in [-0.15, -0.1) is 0 Å². The van der Waals surface area contributed by atoms with E-state index in [1.165, 1.54) is 42.3 Å². The first-order valence-electron chi connectivity index (χ1n) is 15.3. The minimum absolute atomic E-state index is 0.0916. The van der Waals surface area contributed by atoms with Crippen LogP contribution < -0.4 is 33.8 Å². The van der Waals surface area contributed by atoms with Gasteiger partial charge in [-0.1, -0.05) is 45.5 Å². The summed E-state index contributed by atoms with van der Waals surface area (Å²) in [6, 6.07) is 14.4. The van der Waals surface area contributed by atoms with Crippen molar-refractivity contribution in [3.63, 3.8) is 0 Å². The maximum atomic E-state index is 14.2. The van der Waals surface area contributed by atoms with E-state index in [-0.39, 0.29) is 36.0 Å². The van der Waals surface area contributed by atoms with Gasteiger partial charge in [-0.3, -0.25) is 9.36 Å². The molecule has 1 N–H and O–H groups in total. The molecule has 0 saturated carbocycles. The van der Waals surface area contributed by atoms with Crippen molar-refractivity contribution in [1.82, 2.24) is 4.57 Å². The quantitative estimate of drug-likeness (QED) is 0.183. The van der Waals surface area contributed by atoms with Gasteiger partial charge in [0.05, 0.1) is 54.3 Å². The van der Waals surface area contributed by atoms with Gasteiger partial charge < -0.3 is 28.8 Å². The number of fused-ring (bicyclic) bond motifs is 1. The zero-order valence-corrected chi connectivity index (χ0v) is 30.1. The number of benzene rings is 3. The van der Waals surface area contributed by atoms with E-state index in [1.807, 2.05) is 13.8 Å². The second-order valence-corrected chi connectivity index (χ2v) is 13.1. The topological polar surface area (TPSA) is 135 Å². The Kier molecular flexibility index (Phi) is 10.9. The second kappa shape index (κ2) is 15.1. The molecular weight excluding hydrogens is 716 g/mol. The average Bonchev–Trinajstić information content (AvgIpc) is 3.37. The van der Waals surface area contributed by atoms with Crippen LogP contribution in [-0.2, 0) is 16.1 Å². The molecule has 1 aromatic heterocycles. The number of halogens is 1. The molecule has 3 aromatic carbocycles. The molecule has 256 valence electrons. The maximum absolute atomic E-state index is 14.2. The Morgan fingerprint density at radius 3 is 2.35 bits per heavy atom. The lowest BCUT2D eigenvalue weighted by Crippen LogP contribution is -2.40. The van der Waals surface area contributed by atoms with E-state index < -0.39 is 18.0 Å². The highest BCUT2D eigenvalue weighted by Crippen LogP contribution is 2.37. The van der Waals surface area contributed by atoms with Crippen LogP contribution in [0, 0.1) is 0 Å². The van der Waals surface area contributed by atoms with Crippen molar-refractivity contribution in [2.45, 2.75) is 46.4 Å². The highest BCUT2D eigenvalue weighted by molar-refractivity contribution is 9.10. The van der Waals surface area contributed by atoms with E-state index in [1.54, 1.807) is 62.4 Å². The number of carboxylic acid groups (broad SMARTS) is 1. The van der Waals surface area contributed by atoms with Crippen LogP contribution in [-0.4, -0.2) is 48.5 Å². The molecule has 13 heteroatoms. The average molecular weight is 752 g/mol. The fourth-order valence-corrected chi connectivity index (χ4v) is 6.77. The summed E-state index contributed by atoms with van der Waals surface area (Å²) < 4.78 is 31.1. The third-order valence-corrected chi connectivity index (χ3v) is 9.22. The number of rotatable bonds is 12. The van der Waals surface area contributed by atoms with E-state index in [9.17, 15) is 14.4 Å². The molecule has 1 aliphatic heterocycles. The van der Waals surface area contributed by atoms with Crippen LogP contribution in [0.2, 0.25) is 0 Å². The van der Waals surface area contributed by atoms with E-state index in [0.717, 1.165) is 5.56 Å². The number of carbonyl (C=O) groups is 2. The van der Waals surface area contributed by atoms with Crippen LogP contribution in [0.25, 0.3) is 6.08 Å². The lowest BCUT2D eigenvalue weighted by molar-refractivity contribution is -0.139. The molecule has 0 saturated heterocycles. The van der Waals surface area contributed by atoms with Gasteiger partial charge in [0.1, 0.15) is 6.61 Å². The maximum Gasteiger partial charge on any atom is 0.338 e. The summed E-state index contributed by atoms with van der Waals surface area (Å²) in [5.41, 5.74) is 2.59. The van der Waals surface area contributed by atoms with Gasteiger partial charge in [-0.25, -0.2) is 14.6 Å². The largest absolute Gasteiger partial charge is 0.493 e. The van der Waals surface area contributed by atoms with E-state index in [2.05, 4.69) is 20.9 Å². The molecule has 0 bridgehead atoms. The first kappa shape index (κ1) is 35.4. The highest BCUT2D eigenvalue weighted by atomic mass is 79.9. The van der Waals surface area contributed by atoms with Crippen molar-refractivity contribution in [2.24, 2.45) is 4.99 Å². The number of carbonyl (C=O) groups excluding carboxylic acids is 1. The van der Waals surface area contributed by atoms with Crippen LogP contribution in [0.3, 0.4) is 0 Å². The molecule has 0 fully saturated rings. The predicted octanol–water partition coefficient (Wildman–Crippen LogP) is 5.64. The SMILES string of the molecule is CCOC(=O)C1=C(C)N=c2s/c(=C\c3cc(OC)c(OCc4ccc(C(=O)O)cc4)cc3Br)c(=O)n2[C@H]1c1ccc(OC(C)C)c(OC)c1. The monoisotopic (exact) mass is 750 g/mol. The fraction of sp³-hybridized carbons (Fsp3) is 0.278. The lowest BCUT2D eigenvalue weighted by Gasteiger charge is -2.25. The molecule has 2 heterocycles. The summed E-state index contributed by atoms with van der Waals surface area (Å²) in [6.07, 6.45) is 1.64. The minimum atomic E-state index is -1.00. The van der Waals surface area contributed by atoms with Gasteiger partial charge in [0, 0.05) is 4.47 Å². The molecule has 1 aliphatic rings. The van der Waals surface area contributed by atoms with Gasteiger partial charge in [0.2, 0.25) is 0 Å². The number of esters is 1. The first-order valence-corrected chi connectivity index (χ1v) is 16.9. The Hall–Kier alpha value is -4.88. The highest BCUT2D eigenvalue weighted by Gasteiger charge is 2.34. The number of aromatic carboxylic acids is 1. The first-order chi connectivity index (χ1) is 23.4. The molecular formula is C36H35BrN2O9S. The van der Waals surface area contributed by atoms with Crippen LogP contribution in [0.4, 0.5) is 0 Å². The molecule has 0 radical (unpaired) electrons. The third kappa shape index (κ3) is 7.57. The molecule has 0 spiro atoms. The van der Waals surface area contributed by atoms with Crippen molar-refractivity contribution < 1.29 is 38.4 Å². The third-order valence-electron chi connectivity index (χ3n) is 7.55. The fourth-order valence-electron chi connectivity index (χ4n) is 5.29. The van der Waals surface area contributed by atoms with Crippen molar-refractivity contribution in [3.8, 4) is 23.0 Å². The number of nitrogens with zero attached hydrogens (tertiary/aromatic N) is 2. The zero-order chi connectivity index (χ0) is 35.4. The number of hydrogen-bond donors (Lipinski definition) is 1. The van der Waals surface area contributed by atoms with Gasteiger partial charge in [0.25, 0.3) is 5.56 Å². The summed E-state index contributed by atoms with van der Waals surface area (Å²) in [5, 5.41) is 9.15. The van der Waals surface area contributed by atoms with Crippen molar-refractivity contribution in [1.29, 1.82) is 0 Å². The van der Waals surface area contributed by atoms with E-state index in [0.29, 0.717) is 53.6 Å². The van der Waals surface area contributed by atoms with Gasteiger partial charge in [0.15, 0.2) is 27.8 Å². The number of carboxylic acids is 1. The molecule has 0 unspecified atom stereocenters. The second-order valence-electron chi connectivity index (χ2n) is 11.2. The van der Waals surface area contributed by atoms with Crippen LogP contribution in [0.1, 0.15) is 60.8 Å². The van der Waals surface area contributed by atoms with Crippen LogP contribution in [0.15, 0.2) is 80.1 Å². The predicted molar refractivity (Wildman–Crippen MR) is 188 cm³/mol. The Labute approximate surface area is 294 Å². The number of hydrogen-bond acceptors (Lipinski definition) is 10. The molecule has 0 amide bonds. The van der Waals surface area contributed by atoms with Crippen molar-refractivity contribution in [2.75, 3.05) is 20.8 Å². The van der Waals surface area contributed by atoms with Gasteiger partial charge in [-0.2, -0.15) is 0 Å². The van der Waals surface area contributed by atoms with E-state index in [4.69, 9.17) is 28.8 Å². The summed E-state index contributed by atoms with van der Waals surface area (Å²) >= 11 is 4.80. The minimum Gasteiger partial charge on any atom is -0.493 e. The lowest BCUT2D eigenvalue weighted by atomic mass is 9.95. The van der Waals surface area contributed by atoms with Crippen molar-refractivity contribution in [3.05, 3.63) is 112 Å². The number of thiazole rings is 1. The summed E-state index contributed by atoms with van der Waals surface area (Å²) in [5.74, 6) is 0.307. The summed E-state index contributed by atoms with van der Waals surface area (Å²) in [6.45, 7) is 7.61. The Morgan fingerprint density at radius 1 is 1.02 bits per heavy atom. The molecule has 5 rings (SSSR count). The van der Waals surface area contributed by atoms with Crippen LogP contribution in [0.5, 0.6) is 23.0 Å². The molecule has 0 aliphatic carbocycles. The standard InChI is InChI=1S/C36H35BrN2O9S/c1-7-46-35(43)31-20(4)38-36-39(32(31)23-12-13-26(48-19(2)3)27(14-23)44-5)33(40)30(49-36)16-24-15-28(45-6)29(17-25(24)37)47-18-21-8-10-22(11-9-21)34(41)42/h8-17,19,32H,7,18H2,1-6H3,(H,41,42)/b30-16-/t32-/m0/s1. The van der Waals surface area contributed by atoms with Gasteiger partial charge in [-0.05, 0) is 86.9 Å². The number of ether oxygens (including phenoxy) is 5. The zero-order valence-electron chi connectivity index (χ0n) is 27.7. The van der Waals surface area contributed by atoms with E-state index >= 15 is 0 Å². The molecule has 11 nitrogen and oxygen atoms in total. The molecule has 4 aromatic rings. The van der Waals surface area contributed by atoms with Crippen LogP contribution >= 0.6 is 27.3 Å². The number of aromatic nitrogens is 1. The smallest absolute Gasteiger partial charge is 0.338 e.